The van der Waals surface area contributed by atoms with Crippen molar-refractivity contribution in [3.63, 3.8) is 0 Å². The summed E-state index contributed by atoms with van der Waals surface area (Å²) in [4.78, 5) is 11.2. The first-order chi connectivity index (χ1) is 9.10. The van der Waals surface area contributed by atoms with Crippen LogP contribution in [0.4, 0.5) is 0 Å². The van der Waals surface area contributed by atoms with E-state index in [4.69, 9.17) is 16.3 Å². The number of methoxy groups -OCH3 is 1. The van der Waals surface area contributed by atoms with E-state index in [0.717, 1.165) is 5.56 Å². The third-order valence-corrected chi connectivity index (χ3v) is 2.95. The number of nitrogens with zero attached hydrogens (tertiary/aromatic N) is 2. The quantitative estimate of drug-likeness (QED) is 0.808. The van der Waals surface area contributed by atoms with Gasteiger partial charge < -0.3 is 9.47 Å². The molecule has 0 amide bonds. The standard InChI is InChI=1S/C13H13ClN2O3/c1-9-7-10(3-4-11(9)14)19-8-16-6-5-12(15-16)13(17)18-2/h3-7H,8H2,1-2H3. The van der Waals surface area contributed by atoms with Crippen LogP contribution < -0.4 is 4.74 Å². The van der Waals surface area contributed by atoms with Crippen LogP contribution in [0.25, 0.3) is 0 Å². The van der Waals surface area contributed by atoms with Gasteiger partial charge in [-0.1, -0.05) is 11.6 Å². The third kappa shape index (κ3) is 3.26. The van der Waals surface area contributed by atoms with E-state index in [2.05, 4.69) is 9.84 Å². The average Bonchev–Trinajstić information content (AvgIpc) is 2.88. The highest BCUT2D eigenvalue weighted by atomic mass is 35.5. The minimum Gasteiger partial charge on any atom is -0.471 e. The normalized spacial score (nSPS) is 10.3. The lowest BCUT2D eigenvalue weighted by atomic mass is 10.2. The number of rotatable bonds is 4. The molecule has 0 N–H and O–H groups in total. The van der Waals surface area contributed by atoms with Gasteiger partial charge in [0.15, 0.2) is 12.4 Å². The Kier molecular flexibility index (Phi) is 4.06. The number of hydrogen-bond donors (Lipinski definition) is 0. The molecule has 0 radical (unpaired) electrons. The van der Waals surface area contributed by atoms with Crippen molar-refractivity contribution in [1.82, 2.24) is 9.78 Å². The summed E-state index contributed by atoms with van der Waals surface area (Å²) >= 11 is 5.93. The first kappa shape index (κ1) is 13.4. The van der Waals surface area contributed by atoms with Crippen LogP contribution in [0.2, 0.25) is 5.02 Å². The van der Waals surface area contributed by atoms with E-state index >= 15 is 0 Å². The van der Waals surface area contributed by atoms with Crippen LogP contribution in [0.15, 0.2) is 30.5 Å². The van der Waals surface area contributed by atoms with E-state index in [9.17, 15) is 4.79 Å². The maximum absolute atomic E-state index is 11.2. The summed E-state index contributed by atoms with van der Waals surface area (Å²) in [7, 11) is 1.31. The van der Waals surface area contributed by atoms with Gasteiger partial charge in [-0.05, 0) is 36.8 Å². The van der Waals surface area contributed by atoms with Crippen molar-refractivity contribution in [2.24, 2.45) is 0 Å². The van der Waals surface area contributed by atoms with Gasteiger partial charge in [0, 0.05) is 11.2 Å². The second kappa shape index (κ2) is 5.75. The summed E-state index contributed by atoms with van der Waals surface area (Å²) < 4.78 is 11.6. The topological polar surface area (TPSA) is 53.4 Å². The molecule has 0 aliphatic carbocycles. The van der Waals surface area contributed by atoms with E-state index in [-0.39, 0.29) is 12.4 Å². The molecule has 0 unspecified atom stereocenters. The zero-order valence-electron chi connectivity index (χ0n) is 10.6. The van der Waals surface area contributed by atoms with E-state index in [1.807, 2.05) is 13.0 Å². The molecule has 1 aromatic carbocycles. The van der Waals surface area contributed by atoms with Gasteiger partial charge in [-0.15, -0.1) is 0 Å². The molecule has 19 heavy (non-hydrogen) atoms. The lowest BCUT2D eigenvalue weighted by molar-refractivity contribution is 0.0592. The van der Waals surface area contributed by atoms with Crippen molar-refractivity contribution >= 4 is 17.6 Å². The fourth-order valence-electron chi connectivity index (χ4n) is 1.49. The molecule has 0 atom stereocenters. The number of hydrogen-bond acceptors (Lipinski definition) is 4. The van der Waals surface area contributed by atoms with Crippen LogP contribution >= 0.6 is 11.6 Å². The summed E-state index contributed by atoms with van der Waals surface area (Å²) in [6.07, 6.45) is 1.65. The Morgan fingerprint density at radius 2 is 2.21 bits per heavy atom. The molecule has 0 saturated heterocycles. The van der Waals surface area contributed by atoms with E-state index in [1.54, 1.807) is 24.4 Å². The van der Waals surface area contributed by atoms with Crippen LogP contribution in [-0.4, -0.2) is 22.9 Å². The fourth-order valence-corrected chi connectivity index (χ4v) is 1.61. The zero-order valence-corrected chi connectivity index (χ0v) is 11.3. The van der Waals surface area contributed by atoms with Crippen molar-refractivity contribution in [2.45, 2.75) is 13.7 Å². The van der Waals surface area contributed by atoms with Crippen molar-refractivity contribution in [3.8, 4) is 5.75 Å². The SMILES string of the molecule is COC(=O)c1ccn(COc2ccc(Cl)c(C)c2)n1. The molecule has 5 nitrogen and oxygen atoms in total. The molecule has 1 heterocycles. The van der Waals surface area contributed by atoms with E-state index < -0.39 is 5.97 Å². The number of halogens is 1. The molecule has 0 fully saturated rings. The summed E-state index contributed by atoms with van der Waals surface area (Å²) in [5.74, 6) is 0.220. The van der Waals surface area contributed by atoms with Gasteiger partial charge in [-0.25, -0.2) is 9.48 Å². The number of benzene rings is 1. The van der Waals surface area contributed by atoms with Crippen molar-refractivity contribution in [2.75, 3.05) is 7.11 Å². The minimum absolute atomic E-state index is 0.206. The maximum Gasteiger partial charge on any atom is 0.358 e. The highest BCUT2D eigenvalue weighted by Gasteiger charge is 2.09. The molecule has 6 heteroatoms. The predicted molar refractivity (Wildman–Crippen MR) is 70.4 cm³/mol. The van der Waals surface area contributed by atoms with Crippen molar-refractivity contribution in [1.29, 1.82) is 0 Å². The van der Waals surface area contributed by atoms with Gasteiger partial charge in [0.1, 0.15) is 5.75 Å². The number of aryl methyl sites for hydroxylation is 1. The maximum atomic E-state index is 11.2. The molecule has 0 saturated carbocycles. The number of carbonyl (C=O) groups is 1. The first-order valence-electron chi connectivity index (χ1n) is 5.61. The first-order valence-corrected chi connectivity index (χ1v) is 5.98. The molecular weight excluding hydrogens is 268 g/mol. The van der Waals surface area contributed by atoms with Crippen LogP contribution in [0, 0.1) is 6.92 Å². The van der Waals surface area contributed by atoms with Gasteiger partial charge in [-0.2, -0.15) is 5.10 Å². The molecule has 100 valence electrons. The lowest BCUT2D eigenvalue weighted by Gasteiger charge is -2.07. The summed E-state index contributed by atoms with van der Waals surface area (Å²) in [6, 6.07) is 6.96. The Morgan fingerprint density at radius 1 is 1.42 bits per heavy atom. The summed E-state index contributed by atoms with van der Waals surface area (Å²) in [5.41, 5.74) is 1.19. The fraction of sp³-hybridized carbons (Fsp3) is 0.231. The highest BCUT2D eigenvalue weighted by molar-refractivity contribution is 6.31. The molecule has 2 aromatic rings. The Morgan fingerprint density at radius 3 is 2.89 bits per heavy atom. The number of ether oxygens (including phenoxy) is 2. The lowest BCUT2D eigenvalue weighted by Crippen LogP contribution is -2.08. The highest BCUT2D eigenvalue weighted by Crippen LogP contribution is 2.21. The Balaban J connectivity index is 2.00. The Labute approximate surface area is 115 Å². The number of aromatic nitrogens is 2. The van der Waals surface area contributed by atoms with Gasteiger partial charge >= 0.3 is 5.97 Å². The van der Waals surface area contributed by atoms with Crippen LogP contribution in [-0.2, 0) is 11.5 Å². The van der Waals surface area contributed by atoms with Crippen LogP contribution in [0.1, 0.15) is 16.1 Å². The zero-order chi connectivity index (χ0) is 13.8. The molecular formula is C13H13ClN2O3. The average molecular weight is 281 g/mol. The Hall–Kier alpha value is -2.01. The minimum atomic E-state index is -0.471. The van der Waals surface area contributed by atoms with Gasteiger partial charge in [-0.3, -0.25) is 0 Å². The largest absolute Gasteiger partial charge is 0.471 e. The summed E-state index contributed by atoms with van der Waals surface area (Å²) in [5, 5.41) is 4.72. The van der Waals surface area contributed by atoms with Gasteiger partial charge in [0.05, 0.1) is 7.11 Å². The van der Waals surface area contributed by atoms with Gasteiger partial charge in [0.2, 0.25) is 0 Å². The van der Waals surface area contributed by atoms with Crippen LogP contribution in [0.5, 0.6) is 5.75 Å². The van der Waals surface area contributed by atoms with Crippen LogP contribution in [0.3, 0.4) is 0 Å². The number of esters is 1. The molecule has 2 rings (SSSR count). The Bertz CT molecular complexity index is 595. The second-order valence-electron chi connectivity index (χ2n) is 3.92. The van der Waals surface area contributed by atoms with E-state index in [0.29, 0.717) is 10.8 Å². The molecule has 0 spiro atoms. The third-order valence-electron chi connectivity index (χ3n) is 2.53. The smallest absolute Gasteiger partial charge is 0.358 e. The monoisotopic (exact) mass is 280 g/mol. The predicted octanol–water partition coefficient (Wildman–Crippen LogP) is 2.67. The molecule has 0 bridgehead atoms. The molecule has 0 aliphatic rings. The van der Waals surface area contributed by atoms with Crippen molar-refractivity contribution < 1.29 is 14.3 Å². The van der Waals surface area contributed by atoms with Crippen molar-refractivity contribution in [3.05, 3.63) is 46.7 Å². The summed E-state index contributed by atoms with van der Waals surface area (Å²) in [6.45, 7) is 2.11. The van der Waals surface area contributed by atoms with E-state index in [1.165, 1.54) is 11.8 Å². The number of carbonyl (C=O) groups excluding carboxylic acids is 1. The van der Waals surface area contributed by atoms with Gasteiger partial charge in [0.25, 0.3) is 0 Å². The second-order valence-corrected chi connectivity index (χ2v) is 4.32. The molecule has 0 aliphatic heterocycles. The molecule has 1 aromatic heterocycles.